The van der Waals surface area contributed by atoms with Gasteiger partial charge >= 0.3 is 6.18 Å². The van der Waals surface area contributed by atoms with E-state index in [2.05, 4.69) is 58.8 Å². The number of anilines is 1. The van der Waals surface area contributed by atoms with Crippen molar-refractivity contribution < 1.29 is 22.8 Å². The monoisotopic (exact) mass is 687 g/mol. The molecule has 0 saturated heterocycles. The minimum absolute atomic E-state index is 0.0229. The first kappa shape index (κ1) is 29.4. The van der Waals surface area contributed by atoms with E-state index in [1.807, 2.05) is 20.8 Å². The SMILES string of the molecule is Cc1cc(I)cc(C(=O)NC(C)(C)C)c1NC(=O)c1cc(Cn2nnnc2C(F)(F)F)nn1-c1ncccc1Cl. The molecule has 11 nitrogen and oxygen atoms in total. The fourth-order valence-electron chi connectivity index (χ4n) is 3.71. The second-order valence-corrected chi connectivity index (χ2v) is 11.4. The molecule has 0 saturated carbocycles. The van der Waals surface area contributed by atoms with Crippen LogP contribution in [0.5, 0.6) is 0 Å². The summed E-state index contributed by atoms with van der Waals surface area (Å²) in [6.45, 7) is 6.72. The second kappa shape index (κ2) is 11.1. The van der Waals surface area contributed by atoms with Crippen LogP contribution in [0.4, 0.5) is 18.9 Å². The Morgan fingerprint density at radius 2 is 1.85 bits per heavy atom. The first-order valence-electron chi connectivity index (χ1n) is 11.6. The van der Waals surface area contributed by atoms with Gasteiger partial charge in [-0.15, -0.1) is 5.10 Å². The number of nitrogens with one attached hydrogen (secondary N) is 2. The van der Waals surface area contributed by atoms with Gasteiger partial charge in [-0.05, 0) is 96.6 Å². The molecule has 0 fully saturated rings. The highest BCUT2D eigenvalue weighted by molar-refractivity contribution is 14.1. The van der Waals surface area contributed by atoms with Crippen molar-refractivity contribution in [2.45, 2.75) is 46.0 Å². The van der Waals surface area contributed by atoms with Gasteiger partial charge in [0.2, 0.25) is 0 Å². The summed E-state index contributed by atoms with van der Waals surface area (Å²) >= 11 is 8.38. The third-order valence-corrected chi connectivity index (χ3v) is 6.22. The van der Waals surface area contributed by atoms with Gasteiger partial charge in [-0.2, -0.15) is 18.3 Å². The van der Waals surface area contributed by atoms with Crippen LogP contribution >= 0.6 is 34.2 Å². The molecule has 210 valence electrons. The molecular weight excluding hydrogens is 666 g/mol. The molecule has 0 radical (unpaired) electrons. The molecule has 2 N–H and O–H groups in total. The van der Waals surface area contributed by atoms with E-state index in [1.54, 1.807) is 25.1 Å². The topological polar surface area (TPSA) is 133 Å². The highest BCUT2D eigenvalue weighted by Crippen LogP contribution is 2.28. The van der Waals surface area contributed by atoms with E-state index in [0.717, 1.165) is 8.25 Å². The van der Waals surface area contributed by atoms with Crippen molar-refractivity contribution in [3.05, 3.63) is 73.5 Å². The number of halogens is 5. The smallest absolute Gasteiger partial charge is 0.347 e. The minimum atomic E-state index is -4.80. The van der Waals surface area contributed by atoms with E-state index in [4.69, 9.17) is 11.6 Å². The predicted molar refractivity (Wildman–Crippen MR) is 147 cm³/mol. The van der Waals surface area contributed by atoms with Gasteiger partial charge in [0.25, 0.3) is 17.6 Å². The zero-order valence-corrected chi connectivity index (χ0v) is 24.4. The molecule has 0 aliphatic rings. The first-order chi connectivity index (χ1) is 18.6. The zero-order valence-electron chi connectivity index (χ0n) is 21.5. The van der Waals surface area contributed by atoms with Gasteiger partial charge in [0.05, 0.1) is 28.5 Å². The van der Waals surface area contributed by atoms with Gasteiger partial charge < -0.3 is 10.6 Å². The van der Waals surface area contributed by atoms with Gasteiger partial charge in [0, 0.05) is 15.3 Å². The number of aromatic nitrogens is 7. The maximum atomic E-state index is 13.7. The molecule has 0 bridgehead atoms. The molecule has 0 aliphatic carbocycles. The van der Waals surface area contributed by atoms with E-state index in [0.29, 0.717) is 10.2 Å². The summed E-state index contributed by atoms with van der Waals surface area (Å²) in [5.41, 5.74) is 0.492. The summed E-state index contributed by atoms with van der Waals surface area (Å²) in [6.07, 6.45) is -3.38. The van der Waals surface area contributed by atoms with E-state index in [9.17, 15) is 22.8 Å². The normalized spacial score (nSPS) is 11.9. The summed E-state index contributed by atoms with van der Waals surface area (Å²) < 4.78 is 42.4. The van der Waals surface area contributed by atoms with Crippen molar-refractivity contribution >= 4 is 51.7 Å². The Balaban J connectivity index is 1.77. The number of carbonyl (C=O) groups is 2. The van der Waals surface area contributed by atoms with Crippen LogP contribution < -0.4 is 10.6 Å². The number of carbonyl (C=O) groups excluding carboxylic acids is 2. The van der Waals surface area contributed by atoms with Crippen LogP contribution in [0.3, 0.4) is 0 Å². The van der Waals surface area contributed by atoms with Crippen LogP contribution in [-0.4, -0.2) is 52.3 Å². The van der Waals surface area contributed by atoms with E-state index in [-0.39, 0.29) is 33.5 Å². The summed E-state index contributed by atoms with van der Waals surface area (Å²) in [6, 6.07) is 7.80. The van der Waals surface area contributed by atoms with Gasteiger partial charge in [0.15, 0.2) is 5.82 Å². The number of nitrogens with zero attached hydrogens (tertiary/aromatic N) is 7. The Kier molecular flexibility index (Phi) is 8.16. The molecular formula is C24H22ClF3IN9O2. The zero-order chi connectivity index (χ0) is 29.4. The quantitative estimate of drug-likeness (QED) is 0.282. The number of aryl methyl sites for hydroxylation is 1. The molecule has 0 atom stereocenters. The Hall–Kier alpha value is -3.60. The minimum Gasteiger partial charge on any atom is -0.347 e. The molecule has 40 heavy (non-hydrogen) atoms. The van der Waals surface area contributed by atoms with Gasteiger partial charge in [-0.1, -0.05) is 11.6 Å². The average molecular weight is 688 g/mol. The fourth-order valence-corrected chi connectivity index (χ4v) is 4.69. The maximum absolute atomic E-state index is 13.7. The Bertz CT molecular complexity index is 1600. The van der Waals surface area contributed by atoms with Crippen molar-refractivity contribution in [1.82, 2.24) is 40.3 Å². The predicted octanol–water partition coefficient (Wildman–Crippen LogP) is 4.67. The third kappa shape index (κ3) is 6.57. The van der Waals surface area contributed by atoms with Crippen molar-refractivity contribution in [2.75, 3.05) is 5.32 Å². The molecule has 1 aromatic carbocycles. The van der Waals surface area contributed by atoms with Crippen LogP contribution in [0.15, 0.2) is 36.5 Å². The fraction of sp³-hybridized carbons (Fsp3) is 0.292. The van der Waals surface area contributed by atoms with E-state index < -0.39 is 35.9 Å². The summed E-state index contributed by atoms with van der Waals surface area (Å²) in [5.74, 6) is -2.36. The van der Waals surface area contributed by atoms with Crippen LogP contribution in [0.1, 0.15) is 58.7 Å². The highest BCUT2D eigenvalue weighted by atomic mass is 127. The van der Waals surface area contributed by atoms with Crippen molar-refractivity contribution in [1.29, 1.82) is 0 Å². The summed E-state index contributed by atoms with van der Waals surface area (Å²) in [7, 11) is 0. The number of pyridine rings is 1. The molecule has 2 amide bonds. The maximum Gasteiger partial charge on any atom is 0.453 e. The van der Waals surface area contributed by atoms with Crippen LogP contribution in [-0.2, 0) is 12.7 Å². The molecule has 4 aromatic rings. The van der Waals surface area contributed by atoms with E-state index in [1.165, 1.54) is 18.3 Å². The highest BCUT2D eigenvalue weighted by Gasteiger charge is 2.38. The van der Waals surface area contributed by atoms with E-state index >= 15 is 0 Å². The second-order valence-electron chi connectivity index (χ2n) is 9.70. The summed E-state index contributed by atoms with van der Waals surface area (Å²) in [5, 5.41) is 19.6. The molecule has 16 heteroatoms. The molecule has 0 spiro atoms. The molecule has 0 aliphatic heterocycles. The Labute approximate surface area is 244 Å². The number of hydrogen-bond acceptors (Lipinski definition) is 7. The number of benzene rings is 1. The number of hydrogen-bond donors (Lipinski definition) is 2. The Morgan fingerprint density at radius 3 is 2.50 bits per heavy atom. The van der Waals surface area contributed by atoms with Gasteiger partial charge in [-0.3, -0.25) is 9.59 Å². The largest absolute Gasteiger partial charge is 0.453 e. The van der Waals surface area contributed by atoms with Crippen LogP contribution in [0.25, 0.3) is 5.82 Å². The molecule has 3 heterocycles. The summed E-state index contributed by atoms with van der Waals surface area (Å²) in [4.78, 5) is 30.9. The third-order valence-electron chi connectivity index (χ3n) is 5.30. The average Bonchev–Trinajstić information content (AvgIpc) is 3.47. The first-order valence-corrected chi connectivity index (χ1v) is 13.1. The van der Waals surface area contributed by atoms with Crippen LogP contribution in [0, 0.1) is 10.5 Å². The van der Waals surface area contributed by atoms with Crippen molar-refractivity contribution in [2.24, 2.45) is 0 Å². The molecule has 3 aromatic heterocycles. The number of tetrazole rings is 1. The number of alkyl halides is 3. The molecule has 4 rings (SSSR count). The van der Waals surface area contributed by atoms with Gasteiger partial charge in [-0.25, -0.2) is 14.3 Å². The lowest BCUT2D eigenvalue weighted by Gasteiger charge is -2.22. The van der Waals surface area contributed by atoms with Crippen molar-refractivity contribution in [3.8, 4) is 5.82 Å². The Morgan fingerprint density at radius 1 is 1.12 bits per heavy atom. The van der Waals surface area contributed by atoms with Gasteiger partial charge in [0.1, 0.15) is 5.69 Å². The lowest BCUT2D eigenvalue weighted by atomic mass is 10.0. The standard InChI is InChI=1S/C24H22ClF3IN9O2/c1-12-8-13(29)9-15(20(39)32-23(2,3)4)18(12)31-21(40)17-10-14(11-37-22(24(26,27)28)33-35-36-37)34-38(17)19-16(25)6-5-7-30-19/h5-10H,11H2,1-4H3,(H,31,40)(H,32,39). The number of amides is 2. The van der Waals surface area contributed by atoms with Crippen molar-refractivity contribution in [3.63, 3.8) is 0 Å². The number of rotatable bonds is 6. The lowest BCUT2D eigenvalue weighted by Crippen LogP contribution is -2.41. The van der Waals surface area contributed by atoms with Crippen LogP contribution in [0.2, 0.25) is 5.02 Å². The molecule has 0 unspecified atom stereocenters. The lowest BCUT2D eigenvalue weighted by molar-refractivity contribution is -0.147.